The third-order valence-corrected chi connectivity index (χ3v) is 4.09. The maximum Gasteiger partial charge on any atom is 0.411 e. The fourth-order valence-electron chi connectivity index (χ4n) is 3.16. The summed E-state index contributed by atoms with van der Waals surface area (Å²) >= 11 is 0. The topological polar surface area (TPSA) is 55.6 Å². The maximum absolute atomic E-state index is 12.6. The van der Waals surface area contributed by atoms with Crippen LogP contribution in [-0.2, 0) is 10.3 Å². The lowest BCUT2D eigenvalue weighted by Gasteiger charge is -2.39. The minimum atomic E-state index is -0.494. The van der Waals surface area contributed by atoms with Crippen molar-refractivity contribution < 1.29 is 9.53 Å². The van der Waals surface area contributed by atoms with E-state index in [1.807, 2.05) is 37.8 Å². The van der Waals surface area contributed by atoms with Gasteiger partial charge in [0.1, 0.15) is 5.60 Å². The molecule has 0 saturated carbocycles. The molecule has 0 aromatic heterocycles. The SMILES string of the molecule is Cc1ccccc1C1(CN)CCCN1C(=O)OC(C)(C)C. The van der Waals surface area contributed by atoms with E-state index in [1.54, 1.807) is 0 Å². The Morgan fingerprint density at radius 1 is 1.38 bits per heavy atom. The van der Waals surface area contributed by atoms with E-state index in [1.165, 1.54) is 5.56 Å². The Bertz CT molecular complexity index is 522. The van der Waals surface area contributed by atoms with Gasteiger partial charge in [-0.25, -0.2) is 4.79 Å². The molecule has 0 spiro atoms. The third-order valence-electron chi connectivity index (χ3n) is 4.09. The van der Waals surface area contributed by atoms with Gasteiger partial charge in [0.25, 0.3) is 0 Å². The van der Waals surface area contributed by atoms with E-state index in [9.17, 15) is 4.79 Å². The molecule has 21 heavy (non-hydrogen) atoms. The Hall–Kier alpha value is -1.55. The summed E-state index contributed by atoms with van der Waals surface area (Å²) in [4.78, 5) is 14.4. The normalized spacial score (nSPS) is 22.4. The Morgan fingerprint density at radius 2 is 2.05 bits per heavy atom. The highest BCUT2D eigenvalue weighted by atomic mass is 16.6. The number of nitrogens with two attached hydrogens (primary N) is 1. The highest BCUT2D eigenvalue weighted by molar-refractivity contribution is 5.70. The van der Waals surface area contributed by atoms with Crippen molar-refractivity contribution in [2.24, 2.45) is 5.73 Å². The number of ether oxygens (including phenoxy) is 1. The van der Waals surface area contributed by atoms with Gasteiger partial charge in [0.15, 0.2) is 0 Å². The van der Waals surface area contributed by atoms with Crippen LogP contribution in [-0.4, -0.2) is 29.7 Å². The van der Waals surface area contributed by atoms with Crippen molar-refractivity contribution in [1.29, 1.82) is 0 Å². The number of hydrogen-bond donors (Lipinski definition) is 1. The first-order valence-corrected chi connectivity index (χ1v) is 7.57. The maximum atomic E-state index is 12.6. The average Bonchev–Trinajstić information content (AvgIpc) is 2.82. The van der Waals surface area contributed by atoms with Crippen LogP contribution in [0.1, 0.15) is 44.7 Å². The Morgan fingerprint density at radius 3 is 2.62 bits per heavy atom. The summed E-state index contributed by atoms with van der Waals surface area (Å²) in [6.45, 7) is 8.84. The average molecular weight is 290 g/mol. The lowest BCUT2D eigenvalue weighted by atomic mass is 9.84. The van der Waals surface area contributed by atoms with Gasteiger partial charge in [-0.15, -0.1) is 0 Å². The van der Waals surface area contributed by atoms with Crippen molar-refractivity contribution in [3.05, 3.63) is 35.4 Å². The Labute approximate surface area is 127 Å². The van der Waals surface area contributed by atoms with E-state index < -0.39 is 11.1 Å². The minimum Gasteiger partial charge on any atom is -0.444 e. The predicted octanol–water partition coefficient (Wildman–Crippen LogP) is 3.18. The van der Waals surface area contributed by atoms with Crippen LogP contribution in [0.15, 0.2) is 24.3 Å². The van der Waals surface area contributed by atoms with Crippen LogP contribution in [0, 0.1) is 6.92 Å². The molecule has 1 aromatic rings. The van der Waals surface area contributed by atoms with Crippen molar-refractivity contribution >= 4 is 6.09 Å². The molecule has 1 aromatic carbocycles. The molecule has 0 aliphatic carbocycles. The first-order chi connectivity index (χ1) is 9.80. The number of amides is 1. The molecule has 1 saturated heterocycles. The molecule has 1 amide bonds. The molecule has 1 heterocycles. The summed E-state index contributed by atoms with van der Waals surface area (Å²) in [7, 11) is 0. The fraction of sp³-hybridized carbons (Fsp3) is 0.588. The van der Waals surface area contributed by atoms with Crippen LogP contribution in [0.2, 0.25) is 0 Å². The van der Waals surface area contributed by atoms with Crippen molar-refractivity contribution in [3.63, 3.8) is 0 Å². The lowest BCUT2D eigenvalue weighted by molar-refractivity contribution is 0.00815. The zero-order chi connectivity index (χ0) is 15.7. The van der Waals surface area contributed by atoms with E-state index >= 15 is 0 Å². The molecular weight excluding hydrogens is 264 g/mol. The van der Waals surface area contributed by atoms with Gasteiger partial charge in [0, 0.05) is 13.1 Å². The number of rotatable bonds is 2. The van der Waals surface area contributed by atoms with Gasteiger partial charge in [-0.3, -0.25) is 4.90 Å². The van der Waals surface area contributed by atoms with Crippen molar-refractivity contribution in [2.45, 2.75) is 51.7 Å². The first kappa shape index (κ1) is 15.8. The van der Waals surface area contributed by atoms with Gasteiger partial charge in [-0.1, -0.05) is 24.3 Å². The van der Waals surface area contributed by atoms with Crippen LogP contribution in [0.5, 0.6) is 0 Å². The molecule has 4 heteroatoms. The van der Waals surface area contributed by atoms with Gasteiger partial charge in [-0.2, -0.15) is 0 Å². The van der Waals surface area contributed by atoms with Crippen molar-refractivity contribution in [2.75, 3.05) is 13.1 Å². The molecule has 116 valence electrons. The van der Waals surface area contributed by atoms with E-state index in [0.717, 1.165) is 18.4 Å². The molecule has 0 bridgehead atoms. The van der Waals surface area contributed by atoms with Crippen molar-refractivity contribution in [1.82, 2.24) is 4.90 Å². The van der Waals surface area contributed by atoms with E-state index in [-0.39, 0.29) is 6.09 Å². The van der Waals surface area contributed by atoms with Crippen LogP contribution >= 0.6 is 0 Å². The molecule has 2 rings (SSSR count). The van der Waals surface area contributed by atoms with Crippen LogP contribution < -0.4 is 5.73 Å². The summed E-state index contributed by atoms with van der Waals surface area (Å²) in [5, 5.41) is 0. The standard InChI is InChI=1S/C17H26N2O2/c1-13-8-5-6-9-14(13)17(12-18)10-7-11-19(17)15(20)21-16(2,3)4/h5-6,8-9H,7,10-12,18H2,1-4H3. The number of carbonyl (C=O) groups is 1. The van der Waals surface area contributed by atoms with E-state index in [2.05, 4.69) is 19.1 Å². The Kier molecular flexibility index (Phi) is 4.28. The smallest absolute Gasteiger partial charge is 0.411 e. The van der Waals surface area contributed by atoms with Gasteiger partial charge < -0.3 is 10.5 Å². The van der Waals surface area contributed by atoms with Gasteiger partial charge in [-0.05, 0) is 51.7 Å². The lowest BCUT2D eigenvalue weighted by Crippen LogP contribution is -2.51. The zero-order valence-corrected chi connectivity index (χ0v) is 13.5. The molecule has 1 aliphatic rings. The quantitative estimate of drug-likeness (QED) is 0.910. The molecular formula is C17H26N2O2. The monoisotopic (exact) mass is 290 g/mol. The summed E-state index contributed by atoms with van der Waals surface area (Å²) in [6, 6.07) is 8.16. The van der Waals surface area contributed by atoms with Crippen molar-refractivity contribution in [3.8, 4) is 0 Å². The molecule has 1 aliphatic heterocycles. The molecule has 1 unspecified atom stereocenters. The second-order valence-corrected chi connectivity index (χ2v) is 6.79. The first-order valence-electron chi connectivity index (χ1n) is 7.57. The van der Waals surface area contributed by atoms with E-state index in [0.29, 0.717) is 13.1 Å². The highest BCUT2D eigenvalue weighted by Crippen LogP contribution is 2.40. The summed E-state index contributed by atoms with van der Waals surface area (Å²) in [5.74, 6) is 0. The third kappa shape index (κ3) is 3.05. The Balaban J connectivity index is 2.38. The number of likely N-dealkylation sites (tertiary alicyclic amines) is 1. The highest BCUT2D eigenvalue weighted by Gasteiger charge is 2.46. The summed E-state index contributed by atoms with van der Waals surface area (Å²) in [6.07, 6.45) is 1.56. The second kappa shape index (κ2) is 5.68. The number of carbonyl (C=O) groups excluding carboxylic acids is 1. The largest absolute Gasteiger partial charge is 0.444 e. The number of aryl methyl sites for hydroxylation is 1. The molecule has 1 fully saturated rings. The second-order valence-electron chi connectivity index (χ2n) is 6.79. The zero-order valence-electron chi connectivity index (χ0n) is 13.5. The van der Waals surface area contributed by atoms with Gasteiger partial charge in [0.2, 0.25) is 0 Å². The van der Waals surface area contributed by atoms with E-state index in [4.69, 9.17) is 10.5 Å². The molecule has 4 nitrogen and oxygen atoms in total. The van der Waals surface area contributed by atoms with Crippen LogP contribution in [0.4, 0.5) is 4.79 Å². The molecule has 1 atom stereocenters. The molecule has 0 radical (unpaired) electrons. The van der Waals surface area contributed by atoms with Crippen LogP contribution in [0.3, 0.4) is 0 Å². The van der Waals surface area contributed by atoms with Gasteiger partial charge >= 0.3 is 6.09 Å². The summed E-state index contributed by atoms with van der Waals surface area (Å²) in [5.41, 5.74) is 7.48. The number of benzene rings is 1. The van der Waals surface area contributed by atoms with Crippen LogP contribution in [0.25, 0.3) is 0 Å². The number of nitrogens with zero attached hydrogens (tertiary/aromatic N) is 1. The minimum absolute atomic E-state index is 0.270. The molecule has 2 N–H and O–H groups in total. The predicted molar refractivity (Wildman–Crippen MR) is 84.1 cm³/mol. The summed E-state index contributed by atoms with van der Waals surface area (Å²) < 4.78 is 5.57. The number of hydrogen-bond acceptors (Lipinski definition) is 3. The fourth-order valence-corrected chi connectivity index (χ4v) is 3.16. The van der Waals surface area contributed by atoms with Gasteiger partial charge in [0.05, 0.1) is 5.54 Å².